The molecule has 0 radical (unpaired) electrons. The topological polar surface area (TPSA) is 111 Å². The zero-order valence-corrected chi connectivity index (χ0v) is 19.2. The molecule has 2 aromatic rings. The highest BCUT2D eigenvalue weighted by molar-refractivity contribution is 7.17. The van der Waals surface area contributed by atoms with E-state index in [0.29, 0.717) is 10.6 Å². The molecule has 2 N–H and O–H groups in total. The monoisotopic (exact) mass is 478 g/mol. The van der Waals surface area contributed by atoms with Gasteiger partial charge in [0.25, 0.3) is 11.8 Å². The summed E-state index contributed by atoms with van der Waals surface area (Å²) in [4.78, 5) is 50.2. The van der Waals surface area contributed by atoms with Gasteiger partial charge in [-0.3, -0.25) is 9.59 Å². The zero-order valence-electron chi connectivity index (χ0n) is 17.7. The number of rotatable bonds is 8. The van der Waals surface area contributed by atoms with Crippen molar-refractivity contribution in [1.29, 1.82) is 0 Å². The van der Waals surface area contributed by atoms with Crippen molar-refractivity contribution >= 4 is 51.7 Å². The molecule has 2 amide bonds. The molecule has 3 rings (SSSR count). The van der Waals surface area contributed by atoms with Gasteiger partial charge in [0.2, 0.25) is 0 Å². The van der Waals surface area contributed by atoms with Crippen molar-refractivity contribution < 1.29 is 28.7 Å². The summed E-state index contributed by atoms with van der Waals surface area (Å²) in [6.45, 7) is 2.83. The van der Waals surface area contributed by atoms with E-state index < -0.39 is 36.4 Å². The summed E-state index contributed by atoms with van der Waals surface area (Å²) in [5, 5.41) is 5.78. The summed E-state index contributed by atoms with van der Waals surface area (Å²) >= 11 is 7.32. The minimum absolute atomic E-state index is 0.226. The molecule has 0 bridgehead atoms. The number of anilines is 1. The smallest absolute Gasteiger partial charge is 0.341 e. The molecule has 0 aliphatic heterocycles. The highest BCUT2D eigenvalue weighted by Gasteiger charge is 2.28. The fourth-order valence-corrected chi connectivity index (χ4v) is 4.83. The molecule has 1 aromatic heterocycles. The van der Waals surface area contributed by atoms with E-state index in [4.69, 9.17) is 21.1 Å². The van der Waals surface area contributed by atoms with Crippen molar-refractivity contribution in [3.63, 3.8) is 0 Å². The van der Waals surface area contributed by atoms with Gasteiger partial charge in [-0.25, -0.2) is 9.59 Å². The zero-order chi connectivity index (χ0) is 23.3. The first kappa shape index (κ1) is 23.7. The Morgan fingerprint density at radius 3 is 2.62 bits per heavy atom. The highest BCUT2D eigenvalue weighted by atomic mass is 35.5. The van der Waals surface area contributed by atoms with Gasteiger partial charge in [0.05, 0.1) is 22.8 Å². The van der Waals surface area contributed by atoms with Crippen LogP contribution in [-0.2, 0) is 31.9 Å². The van der Waals surface area contributed by atoms with E-state index in [9.17, 15) is 19.2 Å². The first-order valence-corrected chi connectivity index (χ1v) is 11.3. The van der Waals surface area contributed by atoms with Gasteiger partial charge >= 0.3 is 11.9 Å². The van der Waals surface area contributed by atoms with E-state index in [2.05, 4.69) is 10.6 Å². The summed E-state index contributed by atoms with van der Waals surface area (Å²) in [6.07, 6.45) is 2.56. The first-order chi connectivity index (χ1) is 15.3. The van der Waals surface area contributed by atoms with Crippen LogP contribution in [0.1, 0.15) is 51.4 Å². The van der Waals surface area contributed by atoms with Crippen LogP contribution in [0.2, 0.25) is 5.02 Å². The van der Waals surface area contributed by atoms with Crippen LogP contribution in [0.15, 0.2) is 24.3 Å². The predicted octanol–water partition coefficient (Wildman–Crippen LogP) is 3.37. The molecule has 8 nitrogen and oxygen atoms in total. The van der Waals surface area contributed by atoms with Crippen LogP contribution in [0.4, 0.5) is 5.00 Å². The summed E-state index contributed by atoms with van der Waals surface area (Å²) < 4.78 is 10.1. The van der Waals surface area contributed by atoms with Gasteiger partial charge in [-0.1, -0.05) is 23.7 Å². The largest absolute Gasteiger partial charge is 0.462 e. The van der Waals surface area contributed by atoms with E-state index in [1.165, 1.54) is 24.3 Å². The van der Waals surface area contributed by atoms with E-state index in [0.717, 1.165) is 29.7 Å². The number of aryl methyl sites for hydroxylation is 1. The molecule has 0 fully saturated rings. The van der Waals surface area contributed by atoms with E-state index in [1.807, 2.05) is 0 Å². The normalized spacial score (nSPS) is 13.1. The van der Waals surface area contributed by atoms with Crippen molar-refractivity contribution in [1.82, 2.24) is 5.32 Å². The SMILES string of the molecule is CCOC(=O)c1c(NC(=O)COC(=O)C(C)NC(=O)c2ccccc2Cl)sc2c1CCC2. The maximum atomic E-state index is 12.4. The Kier molecular flexibility index (Phi) is 7.87. The van der Waals surface area contributed by atoms with Gasteiger partial charge < -0.3 is 20.1 Å². The molecule has 32 heavy (non-hydrogen) atoms. The summed E-state index contributed by atoms with van der Waals surface area (Å²) in [7, 11) is 0. The third-order valence-corrected chi connectivity index (χ3v) is 6.36. The van der Waals surface area contributed by atoms with Crippen molar-refractivity contribution in [2.24, 2.45) is 0 Å². The van der Waals surface area contributed by atoms with Crippen LogP contribution in [0.25, 0.3) is 0 Å². The fraction of sp³-hybridized carbons (Fsp3) is 0.364. The van der Waals surface area contributed by atoms with Gasteiger partial charge in [-0.15, -0.1) is 11.3 Å². The molecule has 1 atom stereocenters. The van der Waals surface area contributed by atoms with Crippen LogP contribution < -0.4 is 10.6 Å². The number of nitrogens with one attached hydrogen (secondary N) is 2. The Morgan fingerprint density at radius 1 is 1.16 bits per heavy atom. The number of ether oxygens (including phenoxy) is 2. The van der Waals surface area contributed by atoms with Gasteiger partial charge in [0.15, 0.2) is 6.61 Å². The molecule has 1 unspecified atom stereocenters. The van der Waals surface area contributed by atoms with Crippen LogP contribution in [-0.4, -0.2) is 43.0 Å². The Labute approximate surface area is 194 Å². The number of benzene rings is 1. The van der Waals surface area contributed by atoms with Crippen LogP contribution in [0.3, 0.4) is 0 Å². The molecular formula is C22H23ClN2O6S. The Balaban J connectivity index is 1.56. The third kappa shape index (κ3) is 5.46. The molecule has 0 saturated heterocycles. The quantitative estimate of drug-likeness (QED) is 0.563. The minimum Gasteiger partial charge on any atom is -0.462 e. The van der Waals surface area contributed by atoms with E-state index >= 15 is 0 Å². The highest BCUT2D eigenvalue weighted by Crippen LogP contribution is 2.39. The number of halogens is 1. The van der Waals surface area contributed by atoms with Gasteiger partial charge in [-0.2, -0.15) is 0 Å². The molecule has 1 aliphatic carbocycles. The Hall–Kier alpha value is -2.91. The van der Waals surface area contributed by atoms with Crippen LogP contribution >= 0.6 is 22.9 Å². The molecule has 10 heteroatoms. The lowest BCUT2D eigenvalue weighted by atomic mass is 10.1. The predicted molar refractivity (Wildman–Crippen MR) is 120 cm³/mol. The molecule has 1 heterocycles. The Bertz CT molecular complexity index is 1050. The average molecular weight is 479 g/mol. The standard InChI is InChI=1S/C22H23ClN2O6S/c1-3-30-22(29)18-14-8-6-10-16(14)32-20(18)25-17(26)11-31-21(28)12(2)24-19(27)13-7-4-5-9-15(13)23/h4-5,7,9,12H,3,6,8,10-11H2,1-2H3,(H,24,27)(H,25,26). The van der Waals surface area contributed by atoms with Gasteiger partial charge in [0.1, 0.15) is 11.0 Å². The second-order valence-electron chi connectivity index (χ2n) is 7.11. The number of carbonyl (C=O) groups excluding carboxylic acids is 4. The number of hydrogen-bond acceptors (Lipinski definition) is 7. The average Bonchev–Trinajstić information content (AvgIpc) is 3.33. The molecule has 1 aliphatic rings. The number of hydrogen-bond donors (Lipinski definition) is 2. The molecule has 1 aromatic carbocycles. The maximum Gasteiger partial charge on any atom is 0.341 e. The van der Waals surface area contributed by atoms with E-state index in [-0.39, 0.29) is 17.2 Å². The lowest BCUT2D eigenvalue weighted by Gasteiger charge is -2.14. The molecule has 0 spiro atoms. The van der Waals surface area contributed by atoms with Crippen molar-refractivity contribution in [3.05, 3.63) is 50.9 Å². The Morgan fingerprint density at radius 2 is 1.91 bits per heavy atom. The second kappa shape index (κ2) is 10.6. The van der Waals surface area contributed by atoms with E-state index in [1.54, 1.807) is 25.1 Å². The first-order valence-electron chi connectivity index (χ1n) is 10.1. The lowest BCUT2D eigenvalue weighted by molar-refractivity contribution is -0.148. The number of thiophene rings is 1. The second-order valence-corrected chi connectivity index (χ2v) is 8.63. The number of esters is 2. The molecule has 0 saturated carbocycles. The van der Waals surface area contributed by atoms with Crippen molar-refractivity contribution in [3.8, 4) is 0 Å². The van der Waals surface area contributed by atoms with Gasteiger partial charge in [0, 0.05) is 4.88 Å². The van der Waals surface area contributed by atoms with Crippen LogP contribution in [0.5, 0.6) is 0 Å². The fourth-order valence-electron chi connectivity index (χ4n) is 3.31. The van der Waals surface area contributed by atoms with Crippen molar-refractivity contribution in [2.45, 2.75) is 39.2 Å². The van der Waals surface area contributed by atoms with Crippen LogP contribution in [0, 0.1) is 0 Å². The summed E-state index contributed by atoms with van der Waals surface area (Å²) in [5.41, 5.74) is 1.52. The molecule has 170 valence electrons. The molecular weight excluding hydrogens is 456 g/mol. The number of carbonyl (C=O) groups is 4. The minimum atomic E-state index is -0.993. The summed E-state index contributed by atoms with van der Waals surface area (Å²) in [6, 6.07) is 5.44. The third-order valence-electron chi connectivity index (χ3n) is 4.82. The maximum absolute atomic E-state index is 12.4. The lowest BCUT2D eigenvalue weighted by Crippen LogP contribution is -2.40. The summed E-state index contributed by atoms with van der Waals surface area (Å²) in [5.74, 6) is -2.37. The van der Waals surface area contributed by atoms with Crippen molar-refractivity contribution in [2.75, 3.05) is 18.5 Å². The van der Waals surface area contributed by atoms with Gasteiger partial charge in [-0.05, 0) is 50.8 Å². The number of amides is 2. The number of fused-ring (bicyclic) bond motifs is 1.